The molecule has 4 rings (SSSR count). The number of hydrogen-bond donors (Lipinski definition) is 2. The molecule has 3 amide bonds. The molecule has 8 heteroatoms. The summed E-state index contributed by atoms with van der Waals surface area (Å²) in [5.74, 6) is 0.0995. The molecule has 2 aromatic carbocycles. The van der Waals surface area contributed by atoms with Gasteiger partial charge in [-0.25, -0.2) is 0 Å². The van der Waals surface area contributed by atoms with Crippen LogP contribution in [0.15, 0.2) is 77.0 Å². The number of nitrogens with zero attached hydrogens (tertiary/aromatic N) is 1. The van der Waals surface area contributed by atoms with Gasteiger partial charge in [0.1, 0.15) is 17.2 Å². The molecule has 0 radical (unpaired) electrons. The van der Waals surface area contributed by atoms with Gasteiger partial charge in [-0.2, -0.15) is 0 Å². The highest BCUT2D eigenvalue weighted by Crippen LogP contribution is 2.24. The Hall–Kier alpha value is -4.33. The van der Waals surface area contributed by atoms with Gasteiger partial charge in [0.05, 0.1) is 13.4 Å². The van der Waals surface area contributed by atoms with Crippen LogP contribution >= 0.6 is 0 Å². The second kappa shape index (κ2) is 9.86. The second-order valence-corrected chi connectivity index (χ2v) is 7.41. The minimum atomic E-state index is -0.529. The topological polar surface area (TPSA) is 101 Å². The van der Waals surface area contributed by atoms with Crippen LogP contribution in [-0.4, -0.2) is 31.4 Å². The Balaban J connectivity index is 1.54. The van der Waals surface area contributed by atoms with Crippen molar-refractivity contribution in [1.82, 2.24) is 5.32 Å². The van der Waals surface area contributed by atoms with E-state index in [1.807, 2.05) is 6.07 Å². The van der Waals surface area contributed by atoms with E-state index < -0.39 is 11.8 Å². The maximum absolute atomic E-state index is 13.1. The molecule has 33 heavy (non-hydrogen) atoms. The number of benzene rings is 2. The highest BCUT2D eigenvalue weighted by atomic mass is 16.5. The first-order valence-electron chi connectivity index (χ1n) is 10.5. The molecule has 1 fully saturated rings. The van der Waals surface area contributed by atoms with E-state index >= 15 is 0 Å². The summed E-state index contributed by atoms with van der Waals surface area (Å²) in [5, 5.41) is 5.44. The molecular formula is C25H23N3O5. The molecule has 2 heterocycles. The highest BCUT2D eigenvalue weighted by Gasteiger charge is 2.22. The van der Waals surface area contributed by atoms with Crippen LogP contribution in [0, 0.1) is 0 Å². The van der Waals surface area contributed by atoms with E-state index in [1.54, 1.807) is 59.5 Å². The van der Waals surface area contributed by atoms with Gasteiger partial charge in [-0.05, 0) is 61.0 Å². The molecule has 0 bridgehead atoms. The number of anilines is 2. The SMILES string of the molecule is COc1ccc(C(=O)N/C(=C\c2ccco2)C(=O)Nc2cccc(N3CCCC3=O)c2)cc1. The third-order valence-corrected chi connectivity index (χ3v) is 5.16. The lowest BCUT2D eigenvalue weighted by atomic mass is 10.2. The first kappa shape index (κ1) is 21.9. The lowest BCUT2D eigenvalue weighted by molar-refractivity contribution is -0.117. The first-order valence-corrected chi connectivity index (χ1v) is 10.5. The zero-order chi connectivity index (χ0) is 23.2. The molecule has 8 nitrogen and oxygen atoms in total. The van der Waals surface area contributed by atoms with Crippen molar-refractivity contribution in [2.24, 2.45) is 0 Å². The summed E-state index contributed by atoms with van der Waals surface area (Å²) in [5.41, 5.74) is 1.59. The predicted molar refractivity (Wildman–Crippen MR) is 124 cm³/mol. The number of carbonyl (C=O) groups is 3. The summed E-state index contributed by atoms with van der Waals surface area (Å²) in [4.78, 5) is 39.6. The molecule has 0 atom stereocenters. The van der Waals surface area contributed by atoms with E-state index in [9.17, 15) is 14.4 Å². The van der Waals surface area contributed by atoms with Crippen molar-refractivity contribution in [3.8, 4) is 5.75 Å². The highest BCUT2D eigenvalue weighted by molar-refractivity contribution is 6.10. The van der Waals surface area contributed by atoms with Gasteiger partial charge in [-0.15, -0.1) is 0 Å². The molecule has 0 saturated carbocycles. The zero-order valence-electron chi connectivity index (χ0n) is 18.0. The number of methoxy groups -OCH3 is 1. The van der Waals surface area contributed by atoms with Crippen LogP contribution in [0.5, 0.6) is 5.75 Å². The van der Waals surface area contributed by atoms with Gasteiger partial charge >= 0.3 is 0 Å². The predicted octanol–water partition coefficient (Wildman–Crippen LogP) is 3.82. The monoisotopic (exact) mass is 445 g/mol. The Morgan fingerprint density at radius 3 is 2.58 bits per heavy atom. The lowest BCUT2D eigenvalue weighted by Crippen LogP contribution is -2.30. The number of rotatable bonds is 7. The van der Waals surface area contributed by atoms with Crippen LogP contribution in [0.1, 0.15) is 29.0 Å². The largest absolute Gasteiger partial charge is 0.497 e. The Labute approximate surface area is 190 Å². The fourth-order valence-electron chi connectivity index (χ4n) is 3.48. The van der Waals surface area contributed by atoms with Crippen LogP contribution in [0.2, 0.25) is 0 Å². The second-order valence-electron chi connectivity index (χ2n) is 7.41. The fraction of sp³-hybridized carbons (Fsp3) is 0.160. The quantitative estimate of drug-likeness (QED) is 0.539. The summed E-state index contributed by atoms with van der Waals surface area (Å²) >= 11 is 0. The number of carbonyl (C=O) groups excluding carboxylic acids is 3. The van der Waals surface area contributed by atoms with E-state index in [0.717, 1.165) is 6.42 Å². The standard InChI is InChI=1S/C25H23N3O5/c1-32-20-11-9-17(10-12-20)24(30)27-22(16-21-7-4-14-33-21)25(31)26-18-5-2-6-19(15-18)28-13-3-8-23(28)29/h2,4-7,9-12,14-16H,3,8,13H2,1H3,(H,26,31)(H,27,30)/b22-16-. The summed E-state index contributed by atoms with van der Waals surface area (Å²) < 4.78 is 10.4. The Bertz CT molecular complexity index is 1180. The average Bonchev–Trinajstić information content (AvgIpc) is 3.50. The zero-order valence-corrected chi connectivity index (χ0v) is 18.0. The summed E-state index contributed by atoms with van der Waals surface area (Å²) in [6.07, 6.45) is 4.25. The molecule has 2 N–H and O–H groups in total. The first-order chi connectivity index (χ1) is 16.0. The van der Waals surface area contributed by atoms with Crippen molar-refractivity contribution in [3.63, 3.8) is 0 Å². The number of nitrogens with one attached hydrogen (secondary N) is 2. The average molecular weight is 445 g/mol. The number of furan rings is 1. The Morgan fingerprint density at radius 2 is 1.91 bits per heavy atom. The van der Waals surface area contributed by atoms with E-state index in [2.05, 4.69) is 10.6 Å². The van der Waals surface area contributed by atoms with Crippen molar-refractivity contribution in [1.29, 1.82) is 0 Å². The number of ether oxygens (including phenoxy) is 1. The maximum Gasteiger partial charge on any atom is 0.272 e. The van der Waals surface area contributed by atoms with Gasteiger partial charge in [0, 0.05) is 36.0 Å². The Kier molecular flexibility index (Phi) is 6.54. The van der Waals surface area contributed by atoms with Crippen molar-refractivity contribution in [2.75, 3.05) is 23.9 Å². The molecule has 1 aliphatic rings. The van der Waals surface area contributed by atoms with Gasteiger partial charge in [0.25, 0.3) is 11.8 Å². The van der Waals surface area contributed by atoms with Crippen molar-refractivity contribution >= 4 is 35.2 Å². The van der Waals surface area contributed by atoms with Crippen LogP contribution < -0.4 is 20.3 Å². The van der Waals surface area contributed by atoms with E-state index in [0.29, 0.717) is 41.4 Å². The van der Waals surface area contributed by atoms with Crippen molar-refractivity contribution < 1.29 is 23.5 Å². The Morgan fingerprint density at radius 1 is 1.09 bits per heavy atom. The fourth-order valence-corrected chi connectivity index (χ4v) is 3.48. The molecular weight excluding hydrogens is 422 g/mol. The number of hydrogen-bond acceptors (Lipinski definition) is 5. The van der Waals surface area contributed by atoms with Crippen LogP contribution in [0.3, 0.4) is 0 Å². The summed E-state index contributed by atoms with van der Waals surface area (Å²) in [6, 6.07) is 16.9. The smallest absolute Gasteiger partial charge is 0.272 e. The van der Waals surface area contributed by atoms with Crippen LogP contribution in [0.25, 0.3) is 6.08 Å². The summed E-state index contributed by atoms with van der Waals surface area (Å²) in [7, 11) is 1.54. The van der Waals surface area contributed by atoms with Gasteiger partial charge in [-0.3, -0.25) is 14.4 Å². The third-order valence-electron chi connectivity index (χ3n) is 5.16. The van der Waals surface area contributed by atoms with Gasteiger partial charge in [0.2, 0.25) is 5.91 Å². The minimum Gasteiger partial charge on any atom is -0.497 e. The van der Waals surface area contributed by atoms with Gasteiger partial charge in [-0.1, -0.05) is 6.07 Å². The molecule has 0 unspecified atom stereocenters. The van der Waals surface area contributed by atoms with E-state index in [-0.39, 0.29) is 11.6 Å². The lowest BCUT2D eigenvalue weighted by Gasteiger charge is -2.17. The number of amides is 3. The maximum atomic E-state index is 13.1. The van der Waals surface area contributed by atoms with Gasteiger partial charge in [0.15, 0.2) is 0 Å². The molecule has 0 spiro atoms. The molecule has 168 valence electrons. The summed E-state index contributed by atoms with van der Waals surface area (Å²) in [6.45, 7) is 0.651. The minimum absolute atomic E-state index is 0.00780. The normalized spacial score (nSPS) is 13.7. The van der Waals surface area contributed by atoms with E-state index in [1.165, 1.54) is 19.4 Å². The third kappa shape index (κ3) is 5.30. The molecule has 1 aromatic heterocycles. The van der Waals surface area contributed by atoms with Crippen LogP contribution in [-0.2, 0) is 9.59 Å². The van der Waals surface area contributed by atoms with Crippen molar-refractivity contribution in [3.05, 3.63) is 83.9 Å². The van der Waals surface area contributed by atoms with Crippen molar-refractivity contribution in [2.45, 2.75) is 12.8 Å². The molecule has 0 aliphatic carbocycles. The van der Waals surface area contributed by atoms with Crippen LogP contribution in [0.4, 0.5) is 11.4 Å². The van der Waals surface area contributed by atoms with E-state index in [4.69, 9.17) is 9.15 Å². The van der Waals surface area contributed by atoms with Gasteiger partial charge < -0.3 is 24.7 Å². The molecule has 1 aliphatic heterocycles. The molecule has 3 aromatic rings. The molecule has 1 saturated heterocycles.